The molecule has 0 aliphatic carbocycles. The van der Waals surface area contributed by atoms with E-state index in [1.54, 1.807) is 29.1 Å². The van der Waals surface area contributed by atoms with Crippen LogP contribution in [0.4, 0.5) is 10.1 Å². The van der Waals surface area contributed by atoms with Gasteiger partial charge in [0.05, 0.1) is 5.69 Å². The summed E-state index contributed by atoms with van der Waals surface area (Å²) in [6.45, 7) is 6.98. The Labute approximate surface area is 152 Å². The minimum atomic E-state index is -0.400. The van der Waals surface area contributed by atoms with Crippen LogP contribution < -0.4 is 10.6 Å². The van der Waals surface area contributed by atoms with Crippen LogP contribution in [0.5, 0.6) is 0 Å². The quantitative estimate of drug-likeness (QED) is 0.747. The molecule has 2 aromatic rings. The lowest BCUT2D eigenvalue weighted by Crippen LogP contribution is -2.28. The highest BCUT2D eigenvalue weighted by Crippen LogP contribution is 2.14. The summed E-state index contributed by atoms with van der Waals surface area (Å²) in [5.74, 6) is -0.758. The second-order valence-electron chi connectivity index (χ2n) is 6.23. The van der Waals surface area contributed by atoms with E-state index in [2.05, 4.69) is 15.7 Å². The van der Waals surface area contributed by atoms with Gasteiger partial charge in [-0.25, -0.2) is 4.39 Å². The number of carbonyl (C=O) groups excluding carboxylic acids is 2. The first-order chi connectivity index (χ1) is 12.4. The molecule has 1 aromatic heterocycles. The van der Waals surface area contributed by atoms with E-state index in [4.69, 9.17) is 0 Å². The molecule has 1 heterocycles. The van der Waals surface area contributed by atoms with Gasteiger partial charge >= 0.3 is 0 Å². The summed E-state index contributed by atoms with van der Waals surface area (Å²) >= 11 is 0. The summed E-state index contributed by atoms with van der Waals surface area (Å²) in [5.41, 5.74) is 1.22. The Hall–Kier alpha value is -2.96. The molecule has 0 fully saturated rings. The Bertz CT molecular complexity index is 794. The van der Waals surface area contributed by atoms with Gasteiger partial charge in [-0.1, -0.05) is 26.0 Å². The number of carbonyl (C=O) groups is 2. The van der Waals surface area contributed by atoms with Gasteiger partial charge in [-0.3, -0.25) is 14.3 Å². The van der Waals surface area contributed by atoms with E-state index in [1.165, 1.54) is 18.2 Å². The third-order valence-corrected chi connectivity index (χ3v) is 3.53. The largest absolute Gasteiger partial charge is 0.350 e. The van der Waals surface area contributed by atoms with Gasteiger partial charge in [0, 0.05) is 25.4 Å². The average Bonchev–Trinajstić information content (AvgIpc) is 3.02. The molecule has 2 rings (SSSR count). The minimum absolute atomic E-state index is 0.177. The Morgan fingerprint density at radius 3 is 2.58 bits per heavy atom. The fourth-order valence-electron chi connectivity index (χ4n) is 2.14. The van der Waals surface area contributed by atoms with E-state index < -0.39 is 5.91 Å². The zero-order valence-electron chi connectivity index (χ0n) is 15.1. The number of aromatic nitrogens is 2. The van der Waals surface area contributed by atoms with Crippen molar-refractivity contribution in [1.82, 2.24) is 15.1 Å². The summed E-state index contributed by atoms with van der Waals surface area (Å²) < 4.78 is 14.5. The van der Waals surface area contributed by atoms with Crippen LogP contribution >= 0.6 is 0 Å². The maximum atomic E-state index is 12.9. The molecule has 1 aromatic carbocycles. The predicted octanol–water partition coefficient (Wildman–Crippen LogP) is 3.08. The average molecular weight is 358 g/mol. The van der Waals surface area contributed by atoms with Gasteiger partial charge in [-0.05, 0) is 36.6 Å². The van der Waals surface area contributed by atoms with E-state index in [9.17, 15) is 14.0 Å². The minimum Gasteiger partial charge on any atom is -0.350 e. The van der Waals surface area contributed by atoms with Crippen LogP contribution in [-0.4, -0.2) is 28.1 Å². The molecule has 138 valence electrons. The standard InChI is InChI=1S/C19H23FN4O2/c1-4-24-12-16(18(23-24)19(26)21-11-13(2)3)22-17(25)10-7-14-5-8-15(20)9-6-14/h5-10,12-13H,4,11H2,1-3H3,(H,21,26)(H,22,25)/b10-7+. The van der Waals surface area contributed by atoms with Crippen LogP contribution in [0.2, 0.25) is 0 Å². The highest BCUT2D eigenvalue weighted by atomic mass is 19.1. The van der Waals surface area contributed by atoms with Crippen molar-refractivity contribution >= 4 is 23.6 Å². The summed E-state index contributed by atoms with van der Waals surface area (Å²) in [5, 5.41) is 9.68. The number of hydrogen-bond donors (Lipinski definition) is 2. The second kappa shape index (κ2) is 8.94. The van der Waals surface area contributed by atoms with Crippen molar-refractivity contribution < 1.29 is 14.0 Å². The van der Waals surface area contributed by atoms with Crippen molar-refractivity contribution in [2.75, 3.05) is 11.9 Å². The first-order valence-electron chi connectivity index (χ1n) is 8.49. The molecule has 2 amide bonds. The Balaban J connectivity index is 2.09. The molecule has 7 heteroatoms. The van der Waals surface area contributed by atoms with Crippen molar-refractivity contribution in [2.24, 2.45) is 5.92 Å². The number of rotatable bonds is 7. The van der Waals surface area contributed by atoms with Gasteiger partial charge in [-0.2, -0.15) is 5.10 Å². The van der Waals surface area contributed by atoms with Crippen LogP contribution in [0.3, 0.4) is 0 Å². The monoisotopic (exact) mass is 358 g/mol. The molecule has 0 saturated heterocycles. The van der Waals surface area contributed by atoms with E-state index in [1.807, 2.05) is 20.8 Å². The fourth-order valence-corrected chi connectivity index (χ4v) is 2.14. The number of nitrogens with zero attached hydrogens (tertiary/aromatic N) is 2. The molecule has 0 saturated carbocycles. The van der Waals surface area contributed by atoms with Gasteiger partial charge in [0.15, 0.2) is 5.69 Å². The van der Waals surface area contributed by atoms with Gasteiger partial charge in [-0.15, -0.1) is 0 Å². The Kier molecular flexibility index (Phi) is 6.66. The Morgan fingerprint density at radius 1 is 1.27 bits per heavy atom. The molecule has 0 aliphatic rings. The molecule has 0 spiro atoms. The number of amides is 2. The second-order valence-corrected chi connectivity index (χ2v) is 6.23. The smallest absolute Gasteiger partial charge is 0.273 e. The van der Waals surface area contributed by atoms with Crippen molar-refractivity contribution in [3.63, 3.8) is 0 Å². The van der Waals surface area contributed by atoms with Gasteiger partial charge in [0.1, 0.15) is 5.82 Å². The van der Waals surface area contributed by atoms with Crippen LogP contribution in [0.25, 0.3) is 6.08 Å². The molecule has 0 radical (unpaired) electrons. The van der Waals surface area contributed by atoms with E-state index in [-0.39, 0.29) is 17.4 Å². The zero-order valence-corrected chi connectivity index (χ0v) is 15.1. The van der Waals surface area contributed by atoms with E-state index in [0.717, 1.165) is 0 Å². The lowest BCUT2D eigenvalue weighted by molar-refractivity contribution is -0.111. The van der Waals surface area contributed by atoms with Crippen molar-refractivity contribution in [3.8, 4) is 0 Å². The SMILES string of the molecule is CCn1cc(NC(=O)/C=C/c2ccc(F)cc2)c(C(=O)NCC(C)C)n1. The third kappa shape index (κ3) is 5.54. The molecule has 0 unspecified atom stereocenters. The van der Waals surface area contributed by atoms with Crippen molar-refractivity contribution in [1.29, 1.82) is 0 Å². The maximum absolute atomic E-state index is 12.9. The third-order valence-electron chi connectivity index (χ3n) is 3.53. The van der Waals surface area contributed by atoms with Crippen LogP contribution in [0.15, 0.2) is 36.5 Å². The summed E-state index contributed by atoms with van der Waals surface area (Å²) in [6.07, 6.45) is 4.51. The number of benzene rings is 1. The molecular weight excluding hydrogens is 335 g/mol. The summed E-state index contributed by atoms with van der Waals surface area (Å²) in [4.78, 5) is 24.5. The van der Waals surface area contributed by atoms with Crippen LogP contribution in [0.1, 0.15) is 36.8 Å². The molecule has 0 atom stereocenters. The summed E-state index contributed by atoms with van der Waals surface area (Å²) in [6, 6.07) is 5.78. The fraction of sp³-hybridized carbons (Fsp3) is 0.316. The van der Waals surface area contributed by atoms with Gasteiger partial charge < -0.3 is 10.6 Å². The molecule has 0 bridgehead atoms. The number of halogens is 1. The molecular formula is C19H23FN4O2. The topological polar surface area (TPSA) is 76.0 Å². The highest BCUT2D eigenvalue weighted by Gasteiger charge is 2.17. The number of anilines is 1. The number of aryl methyl sites for hydroxylation is 1. The van der Waals surface area contributed by atoms with Crippen molar-refractivity contribution in [3.05, 3.63) is 53.6 Å². The van der Waals surface area contributed by atoms with Gasteiger partial charge in [0.2, 0.25) is 5.91 Å². The Morgan fingerprint density at radius 2 is 1.96 bits per heavy atom. The van der Waals surface area contributed by atoms with E-state index in [0.29, 0.717) is 30.3 Å². The number of hydrogen-bond acceptors (Lipinski definition) is 3. The normalized spacial score (nSPS) is 11.1. The number of nitrogens with one attached hydrogen (secondary N) is 2. The lowest BCUT2D eigenvalue weighted by atomic mass is 10.2. The first kappa shape index (κ1) is 19.4. The van der Waals surface area contributed by atoms with Gasteiger partial charge in [0.25, 0.3) is 5.91 Å². The summed E-state index contributed by atoms with van der Waals surface area (Å²) in [7, 11) is 0. The van der Waals surface area contributed by atoms with E-state index >= 15 is 0 Å². The molecule has 0 aliphatic heterocycles. The molecule has 6 nitrogen and oxygen atoms in total. The van der Waals surface area contributed by atoms with Crippen LogP contribution in [0, 0.1) is 11.7 Å². The van der Waals surface area contributed by atoms with Crippen LogP contribution in [-0.2, 0) is 11.3 Å². The first-order valence-corrected chi connectivity index (χ1v) is 8.49. The lowest BCUT2D eigenvalue weighted by Gasteiger charge is -2.07. The highest BCUT2D eigenvalue weighted by molar-refractivity contribution is 6.06. The predicted molar refractivity (Wildman–Crippen MR) is 99.1 cm³/mol. The zero-order chi connectivity index (χ0) is 19.1. The van der Waals surface area contributed by atoms with Crippen molar-refractivity contribution in [2.45, 2.75) is 27.3 Å². The molecule has 26 heavy (non-hydrogen) atoms. The molecule has 2 N–H and O–H groups in total. The maximum Gasteiger partial charge on any atom is 0.273 e.